The van der Waals surface area contributed by atoms with Crippen LogP contribution in [0.3, 0.4) is 0 Å². The second-order valence-electron chi connectivity index (χ2n) is 3.50. The Morgan fingerprint density at radius 1 is 1.06 bits per heavy atom. The average Bonchev–Trinajstić information content (AvgIpc) is 2.80. The van der Waals surface area contributed by atoms with Crippen molar-refractivity contribution >= 4 is 0 Å². The van der Waals surface area contributed by atoms with Gasteiger partial charge in [-0.2, -0.15) is 13.2 Å². The molecule has 0 bridgehead atoms. The number of benzene rings is 1. The molecule has 17 heavy (non-hydrogen) atoms. The van der Waals surface area contributed by atoms with Gasteiger partial charge in [-0.15, -0.1) is 0 Å². The first kappa shape index (κ1) is 11.7. The van der Waals surface area contributed by atoms with Gasteiger partial charge in [-0.05, 0) is 18.2 Å². The molecule has 5 heteroatoms. The Bertz CT molecular complexity index is 489. The van der Waals surface area contributed by atoms with Crippen molar-refractivity contribution in [2.45, 2.75) is 12.3 Å². The summed E-state index contributed by atoms with van der Waals surface area (Å²) in [5, 5.41) is 9.83. The van der Waals surface area contributed by atoms with Gasteiger partial charge in [0, 0.05) is 5.56 Å². The molecule has 1 atom stereocenters. The first-order valence-electron chi connectivity index (χ1n) is 4.88. The third-order valence-corrected chi connectivity index (χ3v) is 2.37. The summed E-state index contributed by atoms with van der Waals surface area (Å²) in [7, 11) is 0. The first-order chi connectivity index (χ1) is 8.00. The van der Waals surface area contributed by atoms with E-state index >= 15 is 0 Å². The van der Waals surface area contributed by atoms with E-state index in [0.717, 1.165) is 6.07 Å². The van der Waals surface area contributed by atoms with Gasteiger partial charge in [0.25, 0.3) is 0 Å². The van der Waals surface area contributed by atoms with E-state index in [-0.39, 0.29) is 11.3 Å². The fourth-order valence-electron chi connectivity index (χ4n) is 1.59. The molecule has 1 aromatic heterocycles. The zero-order chi connectivity index (χ0) is 12.5. The van der Waals surface area contributed by atoms with Gasteiger partial charge in [0.1, 0.15) is 11.9 Å². The summed E-state index contributed by atoms with van der Waals surface area (Å²) in [5.41, 5.74) is -1.07. The van der Waals surface area contributed by atoms with Crippen LogP contribution in [0.25, 0.3) is 0 Å². The van der Waals surface area contributed by atoms with Crippen molar-refractivity contribution in [2.75, 3.05) is 0 Å². The van der Waals surface area contributed by atoms with Crippen LogP contribution >= 0.6 is 0 Å². The van der Waals surface area contributed by atoms with Crippen molar-refractivity contribution in [1.29, 1.82) is 0 Å². The number of aliphatic hydroxyl groups is 1. The summed E-state index contributed by atoms with van der Waals surface area (Å²) >= 11 is 0. The normalized spacial score (nSPS) is 13.6. The van der Waals surface area contributed by atoms with Gasteiger partial charge in [0.05, 0.1) is 11.8 Å². The van der Waals surface area contributed by atoms with Crippen molar-refractivity contribution in [3.8, 4) is 0 Å². The molecule has 1 unspecified atom stereocenters. The minimum atomic E-state index is -4.50. The highest BCUT2D eigenvalue weighted by atomic mass is 19.4. The maximum atomic E-state index is 12.7. The van der Waals surface area contributed by atoms with E-state index in [0.29, 0.717) is 0 Å². The lowest BCUT2D eigenvalue weighted by atomic mass is 10.0. The second kappa shape index (κ2) is 4.25. The van der Waals surface area contributed by atoms with Crippen LogP contribution in [0, 0.1) is 0 Å². The molecule has 2 aromatic rings. The number of rotatable bonds is 2. The molecular weight excluding hydrogens is 233 g/mol. The van der Waals surface area contributed by atoms with Gasteiger partial charge in [-0.3, -0.25) is 0 Å². The third-order valence-electron chi connectivity index (χ3n) is 2.37. The fraction of sp³-hybridized carbons (Fsp3) is 0.167. The molecule has 0 amide bonds. The number of hydrogen-bond donors (Lipinski definition) is 1. The highest BCUT2D eigenvalue weighted by molar-refractivity contribution is 5.34. The summed E-state index contributed by atoms with van der Waals surface area (Å²) in [6.07, 6.45) is -4.61. The van der Waals surface area contributed by atoms with Crippen molar-refractivity contribution in [2.24, 2.45) is 0 Å². The lowest BCUT2D eigenvalue weighted by Gasteiger charge is -2.15. The lowest BCUT2D eigenvalue weighted by Crippen LogP contribution is -2.12. The Kier molecular flexibility index (Phi) is 2.93. The molecule has 1 N–H and O–H groups in total. The molecule has 1 aromatic carbocycles. The van der Waals surface area contributed by atoms with Gasteiger partial charge >= 0.3 is 6.18 Å². The second-order valence-corrected chi connectivity index (χ2v) is 3.50. The first-order valence-corrected chi connectivity index (χ1v) is 4.88. The molecule has 0 aliphatic carbocycles. The number of alkyl halides is 3. The van der Waals surface area contributed by atoms with Crippen molar-refractivity contribution in [3.05, 3.63) is 59.5 Å². The third kappa shape index (κ3) is 2.34. The monoisotopic (exact) mass is 242 g/mol. The minimum absolute atomic E-state index is 0.0849. The fourth-order valence-corrected chi connectivity index (χ4v) is 1.59. The summed E-state index contributed by atoms with van der Waals surface area (Å²) in [6, 6.07) is 7.82. The largest absolute Gasteiger partial charge is 0.466 e. The minimum Gasteiger partial charge on any atom is -0.466 e. The average molecular weight is 242 g/mol. The molecule has 0 aliphatic heterocycles. The molecule has 1 heterocycles. The molecule has 0 fully saturated rings. The van der Waals surface area contributed by atoms with Crippen molar-refractivity contribution < 1.29 is 22.7 Å². The number of aliphatic hydroxyl groups excluding tert-OH is 1. The van der Waals surface area contributed by atoms with E-state index in [1.807, 2.05) is 0 Å². The predicted octanol–water partition coefficient (Wildman–Crippen LogP) is 3.38. The molecule has 0 aliphatic rings. The molecule has 2 nitrogen and oxygen atoms in total. The van der Waals surface area contributed by atoms with Crippen molar-refractivity contribution in [1.82, 2.24) is 0 Å². The summed E-state index contributed by atoms with van der Waals surface area (Å²) < 4.78 is 43.0. The van der Waals surface area contributed by atoms with Gasteiger partial charge in [0.15, 0.2) is 0 Å². The Balaban J connectivity index is 2.46. The van der Waals surface area contributed by atoms with Crippen molar-refractivity contribution in [3.63, 3.8) is 0 Å². The lowest BCUT2D eigenvalue weighted by molar-refractivity contribution is -0.139. The summed E-state index contributed by atoms with van der Waals surface area (Å²) in [4.78, 5) is 0. The van der Waals surface area contributed by atoms with E-state index < -0.39 is 17.8 Å². The topological polar surface area (TPSA) is 33.4 Å². The van der Waals surface area contributed by atoms with Crippen LogP contribution in [0.15, 0.2) is 47.1 Å². The Morgan fingerprint density at radius 2 is 1.76 bits per heavy atom. The summed E-state index contributed by atoms with van der Waals surface area (Å²) in [5.74, 6) is 0.0849. The Morgan fingerprint density at radius 3 is 2.35 bits per heavy atom. The van der Waals surface area contributed by atoms with Crippen LogP contribution in [0.4, 0.5) is 13.2 Å². The SMILES string of the molecule is OC(c1ccco1)c1ccccc1C(F)(F)F. The van der Waals surface area contributed by atoms with Crippen LogP contribution < -0.4 is 0 Å². The van der Waals surface area contributed by atoms with E-state index in [2.05, 4.69) is 0 Å². The highest BCUT2D eigenvalue weighted by Crippen LogP contribution is 2.36. The zero-order valence-electron chi connectivity index (χ0n) is 8.61. The maximum absolute atomic E-state index is 12.7. The van der Waals surface area contributed by atoms with Crippen LogP contribution in [-0.4, -0.2) is 5.11 Å². The summed E-state index contributed by atoms with van der Waals surface area (Å²) in [6.45, 7) is 0. The highest BCUT2D eigenvalue weighted by Gasteiger charge is 2.35. The molecule has 90 valence electrons. The Hall–Kier alpha value is -1.75. The predicted molar refractivity (Wildman–Crippen MR) is 54.2 cm³/mol. The molecule has 0 radical (unpaired) electrons. The molecule has 0 saturated carbocycles. The molecule has 0 spiro atoms. The van der Waals surface area contributed by atoms with E-state index in [9.17, 15) is 18.3 Å². The van der Waals surface area contributed by atoms with Crippen LogP contribution in [0.1, 0.15) is 23.0 Å². The van der Waals surface area contributed by atoms with Crippen LogP contribution in [0.2, 0.25) is 0 Å². The number of halogens is 3. The quantitative estimate of drug-likeness (QED) is 0.875. The number of hydrogen-bond acceptors (Lipinski definition) is 2. The Labute approximate surface area is 95.3 Å². The molecule has 2 rings (SSSR count). The van der Waals surface area contributed by atoms with E-state index in [1.54, 1.807) is 0 Å². The van der Waals surface area contributed by atoms with Gasteiger partial charge in [-0.25, -0.2) is 0 Å². The maximum Gasteiger partial charge on any atom is 0.416 e. The van der Waals surface area contributed by atoms with Crippen LogP contribution in [0.5, 0.6) is 0 Å². The number of furan rings is 1. The standard InChI is InChI=1S/C12H9F3O2/c13-12(14,15)9-5-2-1-4-8(9)11(16)10-6-3-7-17-10/h1-7,11,16H. The van der Waals surface area contributed by atoms with Gasteiger partial charge < -0.3 is 9.52 Å². The zero-order valence-corrected chi connectivity index (χ0v) is 8.61. The van der Waals surface area contributed by atoms with E-state index in [4.69, 9.17) is 4.42 Å². The van der Waals surface area contributed by atoms with Gasteiger partial charge in [0.2, 0.25) is 0 Å². The van der Waals surface area contributed by atoms with Gasteiger partial charge in [-0.1, -0.05) is 18.2 Å². The smallest absolute Gasteiger partial charge is 0.416 e. The molecule has 0 saturated heterocycles. The molecular formula is C12H9F3O2. The van der Waals surface area contributed by atoms with Crippen LogP contribution in [-0.2, 0) is 6.18 Å². The van der Waals surface area contributed by atoms with E-state index in [1.165, 1.54) is 36.6 Å².